The van der Waals surface area contributed by atoms with Gasteiger partial charge >= 0.3 is 5.97 Å². The summed E-state index contributed by atoms with van der Waals surface area (Å²) in [6.45, 7) is 1.99. The summed E-state index contributed by atoms with van der Waals surface area (Å²) in [5, 5.41) is 18.4. The summed E-state index contributed by atoms with van der Waals surface area (Å²) < 4.78 is 12.0. The molecule has 0 saturated carbocycles. The zero-order chi connectivity index (χ0) is 17.5. The fraction of sp³-hybridized carbons (Fsp3) is 0.333. The number of ether oxygens (including phenoxy) is 2. The fourth-order valence-electron chi connectivity index (χ4n) is 1.88. The maximum absolute atomic E-state index is 11.8. The van der Waals surface area contributed by atoms with Crippen LogP contribution in [0.15, 0.2) is 30.5 Å². The smallest absolute Gasteiger partial charge is 0.358 e. The van der Waals surface area contributed by atoms with Crippen LogP contribution in [0.5, 0.6) is 11.5 Å². The molecule has 0 aliphatic heterocycles. The fourth-order valence-corrected chi connectivity index (χ4v) is 1.88. The second kappa shape index (κ2) is 7.95. The summed E-state index contributed by atoms with van der Waals surface area (Å²) in [5.41, 5.74) is -0.211. The number of aromatic nitrogens is 3. The van der Waals surface area contributed by atoms with Gasteiger partial charge in [0.15, 0.2) is 5.69 Å². The van der Waals surface area contributed by atoms with E-state index in [9.17, 15) is 9.59 Å². The summed E-state index contributed by atoms with van der Waals surface area (Å²) >= 11 is 0. The molecular weight excluding hydrogens is 316 g/mol. The molecule has 1 atom stereocenters. The van der Waals surface area contributed by atoms with E-state index in [2.05, 4.69) is 15.6 Å². The average Bonchev–Trinajstić information content (AvgIpc) is 3.02. The molecule has 0 aliphatic carbocycles. The molecule has 0 bridgehead atoms. The van der Waals surface area contributed by atoms with Crippen molar-refractivity contribution >= 4 is 11.9 Å². The van der Waals surface area contributed by atoms with Crippen LogP contribution in [-0.2, 0) is 11.3 Å². The van der Waals surface area contributed by atoms with Crippen molar-refractivity contribution in [2.45, 2.75) is 19.6 Å². The van der Waals surface area contributed by atoms with Crippen LogP contribution in [0.25, 0.3) is 0 Å². The molecule has 2 rings (SSSR count). The Hall–Kier alpha value is -3.10. The van der Waals surface area contributed by atoms with Gasteiger partial charge in [-0.2, -0.15) is 0 Å². The minimum atomic E-state index is -1.19. The molecule has 24 heavy (non-hydrogen) atoms. The number of carbonyl (C=O) groups is 2. The lowest BCUT2D eigenvalue weighted by atomic mass is 10.3. The number of carboxylic acid groups (broad SMARTS) is 1. The second-order valence-corrected chi connectivity index (χ2v) is 5.02. The number of nitrogens with zero attached hydrogens (tertiary/aromatic N) is 3. The molecule has 0 saturated heterocycles. The van der Waals surface area contributed by atoms with Gasteiger partial charge in [-0.15, -0.1) is 5.10 Å². The highest BCUT2D eigenvalue weighted by Crippen LogP contribution is 2.19. The van der Waals surface area contributed by atoms with Gasteiger partial charge < -0.3 is 19.9 Å². The Morgan fingerprint density at radius 3 is 2.79 bits per heavy atom. The molecule has 1 aromatic carbocycles. The van der Waals surface area contributed by atoms with Crippen molar-refractivity contribution in [3.63, 3.8) is 0 Å². The second-order valence-electron chi connectivity index (χ2n) is 5.02. The third kappa shape index (κ3) is 4.97. The number of hydrogen-bond donors (Lipinski definition) is 2. The molecule has 1 aromatic heterocycles. The maximum Gasteiger partial charge on any atom is 0.358 e. The molecule has 2 aromatic rings. The zero-order valence-corrected chi connectivity index (χ0v) is 13.3. The van der Waals surface area contributed by atoms with Crippen LogP contribution in [0.1, 0.15) is 17.4 Å². The van der Waals surface area contributed by atoms with Crippen LogP contribution >= 0.6 is 0 Å². The summed E-state index contributed by atoms with van der Waals surface area (Å²) in [6.07, 6.45) is 0.935. The van der Waals surface area contributed by atoms with Gasteiger partial charge in [-0.3, -0.25) is 4.79 Å². The van der Waals surface area contributed by atoms with E-state index in [0.29, 0.717) is 11.5 Å². The average molecular weight is 334 g/mol. The number of rotatable bonds is 8. The first-order valence-electron chi connectivity index (χ1n) is 7.18. The molecule has 128 valence electrons. The summed E-state index contributed by atoms with van der Waals surface area (Å²) in [5.74, 6) is -0.192. The topological polar surface area (TPSA) is 116 Å². The van der Waals surface area contributed by atoms with E-state index < -0.39 is 5.97 Å². The summed E-state index contributed by atoms with van der Waals surface area (Å²) in [6, 6.07) is 7.16. The molecule has 0 spiro atoms. The third-order valence-corrected chi connectivity index (χ3v) is 3.03. The molecule has 0 fully saturated rings. The Morgan fingerprint density at radius 1 is 1.38 bits per heavy atom. The van der Waals surface area contributed by atoms with Gasteiger partial charge in [0.25, 0.3) is 0 Å². The molecule has 1 amide bonds. The maximum atomic E-state index is 11.8. The molecule has 0 aliphatic rings. The lowest BCUT2D eigenvalue weighted by Gasteiger charge is -2.16. The van der Waals surface area contributed by atoms with Crippen molar-refractivity contribution in [2.24, 2.45) is 0 Å². The Morgan fingerprint density at radius 2 is 2.12 bits per heavy atom. The first-order valence-corrected chi connectivity index (χ1v) is 7.18. The Labute approximate surface area is 138 Å². The van der Waals surface area contributed by atoms with Crippen molar-refractivity contribution < 1.29 is 24.2 Å². The Kier molecular flexibility index (Phi) is 5.72. The van der Waals surface area contributed by atoms with Crippen LogP contribution in [0.3, 0.4) is 0 Å². The zero-order valence-electron chi connectivity index (χ0n) is 13.3. The number of carboxylic acids is 1. The normalized spacial score (nSPS) is 11.6. The van der Waals surface area contributed by atoms with E-state index in [1.807, 2.05) is 19.1 Å². The molecule has 1 unspecified atom stereocenters. The highest BCUT2D eigenvalue weighted by atomic mass is 16.5. The van der Waals surface area contributed by atoms with Gasteiger partial charge in [-0.25, -0.2) is 9.48 Å². The highest BCUT2D eigenvalue weighted by Gasteiger charge is 2.12. The highest BCUT2D eigenvalue weighted by molar-refractivity contribution is 5.84. The first-order chi connectivity index (χ1) is 11.5. The van der Waals surface area contributed by atoms with Crippen LogP contribution in [0.2, 0.25) is 0 Å². The molecule has 9 heteroatoms. The molecule has 2 N–H and O–H groups in total. The van der Waals surface area contributed by atoms with Gasteiger partial charge in [0.1, 0.15) is 24.1 Å². The van der Waals surface area contributed by atoms with E-state index in [1.165, 1.54) is 6.20 Å². The predicted molar refractivity (Wildman–Crippen MR) is 83.1 cm³/mol. The van der Waals surface area contributed by atoms with Crippen LogP contribution < -0.4 is 14.8 Å². The van der Waals surface area contributed by atoms with Crippen molar-refractivity contribution in [3.8, 4) is 11.5 Å². The number of benzene rings is 1. The minimum Gasteiger partial charge on any atom is -0.497 e. The lowest BCUT2D eigenvalue weighted by molar-refractivity contribution is -0.122. The number of hydrogen-bond acceptors (Lipinski definition) is 6. The van der Waals surface area contributed by atoms with Crippen molar-refractivity contribution in [2.75, 3.05) is 13.7 Å². The number of aromatic carboxylic acids is 1. The van der Waals surface area contributed by atoms with E-state index in [-0.39, 0.29) is 30.8 Å². The minimum absolute atomic E-state index is 0.119. The standard InChI is InChI=1S/C15H18N4O5/c1-10(24-12-5-3-4-11(6-12)23-2)7-16-14(20)9-19-8-13(15(21)22)17-18-19/h3-6,8,10H,7,9H2,1-2H3,(H,16,20)(H,21,22). The summed E-state index contributed by atoms with van der Waals surface area (Å²) in [7, 11) is 1.57. The monoisotopic (exact) mass is 334 g/mol. The van der Waals surface area contributed by atoms with Crippen LogP contribution in [-0.4, -0.2) is 51.7 Å². The third-order valence-electron chi connectivity index (χ3n) is 3.03. The number of nitrogens with one attached hydrogen (secondary N) is 1. The molecular formula is C15H18N4O5. The number of amides is 1. The van der Waals surface area contributed by atoms with Crippen molar-refractivity contribution in [3.05, 3.63) is 36.2 Å². The predicted octanol–water partition coefficient (Wildman–Crippen LogP) is 0.569. The van der Waals surface area contributed by atoms with Crippen molar-refractivity contribution in [1.82, 2.24) is 20.3 Å². The summed E-state index contributed by atoms with van der Waals surface area (Å²) in [4.78, 5) is 22.5. The lowest BCUT2D eigenvalue weighted by Crippen LogP contribution is -2.35. The van der Waals surface area contributed by atoms with E-state index in [0.717, 1.165) is 4.68 Å². The molecule has 9 nitrogen and oxygen atoms in total. The number of methoxy groups -OCH3 is 1. The Balaban J connectivity index is 1.78. The van der Waals surface area contributed by atoms with Crippen molar-refractivity contribution in [1.29, 1.82) is 0 Å². The number of carbonyl (C=O) groups excluding carboxylic acids is 1. The SMILES string of the molecule is COc1cccc(OC(C)CNC(=O)Cn2cc(C(=O)O)nn2)c1. The van der Waals surface area contributed by atoms with E-state index in [1.54, 1.807) is 19.2 Å². The van der Waals surface area contributed by atoms with E-state index >= 15 is 0 Å². The quantitative estimate of drug-likeness (QED) is 0.725. The van der Waals surface area contributed by atoms with Crippen LogP contribution in [0.4, 0.5) is 0 Å². The Bertz CT molecular complexity index is 715. The van der Waals surface area contributed by atoms with E-state index in [4.69, 9.17) is 14.6 Å². The largest absolute Gasteiger partial charge is 0.497 e. The molecule has 0 radical (unpaired) electrons. The van der Waals surface area contributed by atoms with Gasteiger partial charge in [-0.1, -0.05) is 11.3 Å². The van der Waals surface area contributed by atoms with Gasteiger partial charge in [0.2, 0.25) is 5.91 Å². The molecule has 1 heterocycles. The van der Waals surface area contributed by atoms with Gasteiger partial charge in [0.05, 0.1) is 19.9 Å². The van der Waals surface area contributed by atoms with Gasteiger partial charge in [0, 0.05) is 6.07 Å². The first kappa shape index (κ1) is 17.3. The van der Waals surface area contributed by atoms with Gasteiger partial charge in [-0.05, 0) is 19.1 Å². The van der Waals surface area contributed by atoms with Crippen LogP contribution in [0, 0.1) is 0 Å².